The largest absolute Gasteiger partial charge is 0.457 e. The maximum Gasteiger partial charge on any atom is 0.335 e. The molecule has 3 aromatic carbocycles. The molecule has 0 fully saturated rings. The monoisotopic (exact) mass is 375 g/mol. The fourth-order valence-electron chi connectivity index (χ4n) is 3.21. The summed E-state index contributed by atoms with van der Waals surface area (Å²) >= 11 is 0. The van der Waals surface area contributed by atoms with Crippen molar-refractivity contribution in [2.45, 2.75) is 20.8 Å². The number of aryl methyl sites for hydroxylation is 1. The second-order valence-corrected chi connectivity index (χ2v) is 6.48. The van der Waals surface area contributed by atoms with Crippen molar-refractivity contribution in [1.82, 2.24) is 0 Å². The van der Waals surface area contributed by atoms with Crippen LogP contribution in [-0.4, -0.2) is 19.1 Å². The molecular weight excluding hydrogens is 350 g/mol. The molecule has 144 valence electrons. The first-order valence-corrected chi connectivity index (χ1v) is 9.46. The fourth-order valence-corrected chi connectivity index (χ4v) is 3.21. The SMILES string of the molecule is C=CC(=O)Oc1c(N(CC)CC)cc(Oc2ccccc2)c2cc(C)ccc12. The van der Waals surface area contributed by atoms with Gasteiger partial charge in [0.25, 0.3) is 0 Å². The van der Waals surface area contributed by atoms with Crippen molar-refractivity contribution in [1.29, 1.82) is 0 Å². The molecule has 0 aliphatic rings. The predicted octanol–water partition coefficient (Wildman–Crippen LogP) is 5.88. The molecule has 0 spiro atoms. The van der Waals surface area contributed by atoms with Crippen molar-refractivity contribution < 1.29 is 14.3 Å². The molecule has 0 aliphatic carbocycles. The molecule has 4 nitrogen and oxygen atoms in total. The minimum Gasteiger partial charge on any atom is -0.457 e. The van der Waals surface area contributed by atoms with Crippen LogP contribution < -0.4 is 14.4 Å². The third-order valence-corrected chi connectivity index (χ3v) is 4.63. The van der Waals surface area contributed by atoms with Crippen LogP contribution in [0.4, 0.5) is 5.69 Å². The van der Waals surface area contributed by atoms with Crippen molar-refractivity contribution in [2.24, 2.45) is 0 Å². The maximum atomic E-state index is 12.0. The van der Waals surface area contributed by atoms with Crippen molar-refractivity contribution in [2.75, 3.05) is 18.0 Å². The molecule has 0 bridgehead atoms. The van der Waals surface area contributed by atoms with Crippen molar-refractivity contribution in [3.8, 4) is 17.2 Å². The molecule has 0 amide bonds. The van der Waals surface area contributed by atoms with Crippen molar-refractivity contribution >= 4 is 22.4 Å². The van der Waals surface area contributed by atoms with Gasteiger partial charge in [0, 0.05) is 36.0 Å². The van der Waals surface area contributed by atoms with E-state index in [0.717, 1.165) is 46.6 Å². The summed E-state index contributed by atoms with van der Waals surface area (Å²) in [6.07, 6.45) is 1.18. The molecule has 0 saturated carbocycles. The smallest absolute Gasteiger partial charge is 0.335 e. The van der Waals surface area contributed by atoms with Gasteiger partial charge in [-0.15, -0.1) is 0 Å². The molecule has 28 heavy (non-hydrogen) atoms. The van der Waals surface area contributed by atoms with Crippen molar-refractivity contribution in [3.05, 3.63) is 72.8 Å². The Labute approximate surface area is 166 Å². The molecule has 0 saturated heterocycles. The number of ether oxygens (including phenoxy) is 2. The first-order chi connectivity index (χ1) is 13.6. The standard InChI is InChI=1S/C24H25NO3/c1-5-23(26)28-24-19-14-13-17(4)15-20(19)22(16-21(24)25(6-2)7-3)27-18-11-9-8-10-12-18/h5,8-16H,1,6-7H2,2-4H3. The first-order valence-electron chi connectivity index (χ1n) is 9.46. The molecule has 0 heterocycles. The molecule has 3 rings (SSSR count). The number of hydrogen-bond acceptors (Lipinski definition) is 4. The lowest BCUT2D eigenvalue weighted by atomic mass is 10.0. The van der Waals surface area contributed by atoms with Gasteiger partial charge in [-0.05, 0) is 39.0 Å². The van der Waals surface area contributed by atoms with Gasteiger partial charge in [0.2, 0.25) is 0 Å². The molecule has 4 heteroatoms. The summed E-state index contributed by atoms with van der Waals surface area (Å²) < 4.78 is 11.9. The van der Waals surface area contributed by atoms with Crippen LogP contribution in [0, 0.1) is 6.92 Å². The summed E-state index contributed by atoms with van der Waals surface area (Å²) in [5.74, 6) is 1.54. The maximum absolute atomic E-state index is 12.0. The van der Waals surface area contributed by atoms with Crippen LogP contribution in [0.2, 0.25) is 0 Å². The van der Waals surface area contributed by atoms with E-state index in [4.69, 9.17) is 9.47 Å². The summed E-state index contributed by atoms with van der Waals surface area (Å²) in [5.41, 5.74) is 1.92. The zero-order chi connectivity index (χ0) is 20.1. The Morgan fingerprint density at radius 1 is 1.04 bits per heavy atom. The Balaban J connectivity index is 2.27. The van der Waals surface area contributed by atoms with Gasteiger partial charge < -0.3 is 14.4 Å². The molecule has 0 N–H and O–H groups in total. The number of benzene rings is 3. The lowest BCUT2D eigenvalue weighted by Crippen LogP contribution is -2.23. The van der Waals surface area contributed by atoms with Crippen LogP contribution in [-0.2, 0) is 4.79 Å². The zero-order valence-corrected chi connectivity index (χ0v) is 16.6. The van der Waals surface area contributed by atoms with E-state index in [1.807, 2.05) is 61.5 Å². The predicted molar refractivity (Wildman–Crippen MR) is 115 cm³/mol. The van der Waals surface area contributed by atoms with Gasteiger partial charge in [-0.3, -0.25) is 0 Å². The fraction of sp³-hybridized carbons (Fsp3) is 0.208. The number of esters is 1. The minimum atomic E-state index is -0.480. The Morgan fingerprint density at radius 2 is 1.75 bits per heavy atom. The summed E-state index contributed by atoms with van der Waals surface area (Å²) in [6.45, 7) is 11.2. The molecule has 0 aromatic heterocycles. The highest BCUT2D eigenvalue weighted by atomic mass is 16.5. The van der Waals surface area contributed by atoms with E-state index in [-0.39, 0.29) is 0 Å². The van der Waals surface area contributed by atoms with Gasteiger partial charge in [0.05, 0.1) is 5.69 Å². The van der Waals surface area contributed by atoms with Crippen LogP contribution in [0.25, 0.3) is 10.8 Å². The van der Waals surface area contributed by atoms with Gasteiger partial charge in [0.1, 0.15) is 11.5 Å². The number of hydrogen-bond donors (Lipinski definition) is 0. The van der Waals surface area contributed by atoms with E-state index < -0.39 is 5.97 Å². The normalized spacial score (nSPS) is 10.5. The van der Waals surface area contributed by atoms with Crippen LogP contribution in [0.1, 0.15) is 19.4 Å². The van der Waals surface area contributed by atoms with Gasteiger partial charge in [0.15, 0.2) is 5.75 Å². The Bertz CT molecular complexity index is 992. The second-order valence-electron chi connectivity index (χ2n) is 6.48. The van der Waals surface area contributed by atoms with Gasteiger partial charge in [-0.1, -0.05) is 42.5 Å². The summed E-state index contributed by atoms with van der Waals surface area (Å²) in [7, 11) is 0. The number of para-hydroxylation sites is 1. The summed E-state index contributed by atoms with van der Waals surface area (Å²) in [6, 6.07) is 17.6. The van der Waals surface area contributed by atoms with E-state index in [2.05, 4.69) is 25.3 Å². The molecule has 0 radical (unpaired) electrons. The van der Waals surface area contributed by atoms with Crippen LogP contribution >= 0.6 is 0 Å². The van der Waals surface area contributed by atoms with Crippen LogP contribution in [0.15, 0.2) is 67.3 Å². The van der Waals surface area contributed by atoms with E-state index in [9.17, 15) is 4.79 Å². The molecular formula is C24H25NO3. The summed E-state index contributed by atoms with van der Waals surface area (Å²) in [4.78, 5) is 14.2. The third kappa shape index (κ3) is 4.01. The number of nitrogens with zero attached hydrogens (tertiary/aromatic N) is 1. The first kappa shape index (κ1) is 19.5. The van der Waals surface area contributed by atoms with E-state index in [1.165, 1.54) is 6.08 Å². The lowest BCUT2D eigenvalue weighted by molar-refractivity contribution is -0.128. The molecule has 0 unspecified atom stereocenters. The van der Waals surface area contributed by atoms with Crippen LogP contribution in [0.5, 0.6) is 17.2 Å². The highest BCUT2D eigenvalue weighted by Crippen LogP contribution is 2.43. The molecule has 0 atom stereocenters. The number of anilines is 1. The Kier molecular flexibility index (Phi) is 5.99. The topological polar surface area (TPSA) is 38.8 Å². The lowest BCUT2D eigenvalue weighted by Gasteiger charge is -2.26. The average molecular weight is 375 g/mol. The highest BCUT2D eigenvalue weighted by molar-refractivity contribution is 6.01. The van der Waals surface area contributed by atoms with E-state index in [0.29, 0.717) is 5.75 Å². The van der Waals surface area contributed by atoms with Gasteiger partial charge in [-0.25, -0.2) is 4.79 Å². The Hall–Kier alpha value is -3.27. The number of fused-ring (bicyclic) bond motifs is 1. The van der Waals surface area contributed by atoms with Gasteiger partial charge >= 0.3 is 5.97 Å². The van der Waals surface area contributed by atoms with Crippen LogP contribution in [0.3, 0.4) is 0 Å². The highest BCUT2D eigenvalue weighted by Gasteiger charge is 2.20. The second kappa shape index (κ2) is 8.61. The number of rotatable bonds is 7. The minimum absolute atomic E-state index is 0.480. The van der Waals surface area contributed by atoms with Gasteiger partial charge in [-0.2, -0.15) is 0 Å². The van der Waals surface area contributed by atoms with E-state index in [1.54, 1.807) is 0 Å². The average Bonchev–Trinajstić information content (AvgIpc) is 2.71. The number of carbonyl (C=O) groups is 1. The zero-order valence-electron chi connectivity index (χ0n) is 16.6. The number of carbonyl (C=O) groups excluding carboxylic acids is 1. The van der Waals surface area contributed by atoms with E-state index >= 15 is 0 Å². The third-order valence-electron chi connectivity index (χ3n) is 4.63. The summed E-state index contributed by atoms with van der Waals surface area (Å²) in [5, 5.41) is 1.72. The Morgan fingerprint density at radius 3 is 2.39 bits per heavy atom. The van der Waals surface area contributed by atoms with Crippen molar-refractivity contribution in [3.63, 3.8) is 0 Å². The quantitative estimate of drug-likeness (QED) is 0.294. The molecule has 3 aromatic rings. The molecule has 0 aliphatic heterocycles.